The van der Waals surface area contributed by atoms with E-state index in [-0.39, 0.29) is 11.7 Å². The van der Waals surface area contributed by atoms with Gasteiger partial charge in [-0.1, -0.05) is 15.9 Å². The maximum atomic E-state index is 13.1. The molecule has 0 aliphatic rings. The summed E-state index contributed by atoms with van der Waals surface area (Å²) < 4.78 is 13.9. The van der Waals surface area contributed by atoms with E-state index in [0.29, 0.717) is 13.1 Å². The molecule has 94 valence electrons. The van der Waals surface area contributed by atoms with E-state index in [0.717, 1.165) is 10.0 Å². The molecular weight excluding hydrogens is 287 g/mol. The minimum atomic E-state index is -0.268. The van der Waals surface area contributed by atoms with Crippen LogP contribution < -0.4 is 0 Å². The SMILES string of the molecule is CN(CC(=O)N(C)C)Cc1cc(F)ccc1Br. The highest BCUT2D eigenvalue weighted by Gasteiger charge is 2.10. The zero-order valence-electron chi connectivity index (χ0n) is 10.2. The number of hydrogen-bond acceptors (Lipinski definition) is 2. The molecule has 0 N–H and O–H groups in total. The van der Waals surface area contributed by atoms with E-state index in [1.165, 1.54) is 17.0 Å². The molecule has 1 aromatic carbocycles. The lowest BCUT2D eigenvalue weighted by molar-refractivity contribution is -0.129. The van der Waals surface area contributed by atoms with Gasteiger partial charge in [-0.05, 0) is 30.8 Å². The molecule has 0 saturated heterocycles. The van der Waals surface area contributed by atoms with Gasteiger partial charge in [-0.15, -0.1) is 0 Å². The zero-order chi connectivity index (χ0) is 13.0. The molecule has 0 spiro atoms. The van der Waals surface area contributed by atoms with Crippen molar-refractivity contribution < 1.29 is 9.18 Å². The number of nitrogens with zero attached hydrogens (tertiary/aromatic N) is 2. The number of carbonyl (C=O) groups excluding carboxylic acids is 1. The van der Waals surface area contributed by atoms with Crippen LogP contribution in [0.2, 0.25) is 0 Å². The second-order valence-electron chi connectivity index (χ2n) is 4.20. The van der Waals surface area contributed by atoms with Crippen molar-refractivity contribution in [3.63, 3.8) is 0 Å². The van der Waals surface area contributed by atoms with E-state index in [1.807, 2.05) is 11.9 Å². The lowest BCUT2D eigenvalue weighted by Crippen LogP contribution is -2.34. The molecule has 0 unspecified atom stereocenters. The number of amides is 1. The van der Waals surface area contributed by atoms with E-state index in [2.05, 4.69) is 15.9 Å². The predicted octanol–water partition coefficient (Wildman–Crippen LogP) is 2.11. The predicted molar refractivity (Wildman–Crippen MR) is 69.1 cm³/mol. The minimum absolute atomic E-state index is 0.0278. The normalized spacial score (nSPS) is 10.7. The van der Waals surface area contributed by atoms with Crippen LogP contribution in [0.5, 0.6) is 0 Å². The van der Waals surface area contributed by atoms with Crippen molar-refractivity contribution in [2.75, 3.05) is 27.7 Å². The Morgan fingerprint density at radius 3 is 2.59 bits per heavy atom. The smallest absolute Gasteiger partial charge is 0.236 e. The fourth-order valence-corrected chi connectivity index (χ4v) is 1.76. The van der Waals surface area contributed by atoms with Crippen molar-refractivity contribution in [1.82, 2.24) is 9.80 Å². The van der Waals surface area contributed by atoms with E-state index in [9.17, 15) is 9.18 Å². The molecule has 0 aliphatic heterocycles. The lowest BCUT2D eigenvalue weighted by atomic mass is 10.2. The molecule has 0 bridgehead atoms. The van der Waals surface area contributed by atoms with Crippen LogP contribution >= 0.6 is 15.9 Å². The standard InChI is InChI=1S/C12H16BrFN2O/c1-15(2)12(17)8-16(3)7-9-6-10(14)4-5-11(9)13/h4-6H,7-8H2,1-3H3. The third-order valence-electron chi connectivity index (χ3n) is 2.35. The quantitative estimate of drug-likeness (QED) is 0.850. The van der Waals surface area contributed by atoms with Crippen LogP contribution in [0.4, 0.5) is 4.39 Å². The summed E-state index contributed by atoms with van der Waals surface area (Å²) in [6, 6.07) is 4.55. The summed E-state index contributed by atoms with van der Waals surface area (Å²) in [6.07, 6.45) is 0. The Balaban J connectivity index is 2.64. The average molecular weight is 303 g/mol. The van der Waals surface area contributed by atoms with Gasteiger partial charge < -0.3 is 4.90 Å². The largest absolute Gasteiger partial charge is 0.348 e. The van der Waals surface area contributed by atoms with Crippen LogP contribution in [0.25, 0.3) is 0 Å². The summed E-state index contributed by atoms with van der Waals surface area (Å²) >= 11 is 3.37. The first kappa shape index (κ1) is 14.1. The maximum absolute atomic E-state index is 13.1. The van der Waals surface area contributed by atoms with Crippen molar-refractivity contribution in [1.29, 1.82) is 0 Å². The maximum Gasteiger partial charge on any atom is 0.236 e. The monoisotopic (exact) mass is 302 g/mol. The zero-order valence-corrected chi connectivity index (χ0v) is 11.8. The lowest BCUT2D eigenvalue weighted by Gasteiger charge is -2.19. The summed E-state index contributed by atoms with van der Waals surface area (Å²) in [7, 11) is 5.27. The second-order valence-corrected chi connectivity index (χ2v) is 5.05. The van der Waals surface area contributed by atoms with Crippen LogP contribution in [0.1, 0.15) is 5.56 Å². The van der Waals surface area contributed by atoms with Gasteiger partial charge in [-0.2, -0.15) is 0 Å². The molecule has 0 radical (unpaired) electrons. The van der Waals surface area contributed by atoms with Crippen molar-refractivity contribution in [2.24, 2.45) is 0 Å². The Kier molecular flexibility index (Phi) is 5.08. The Labute approximate surface area is 109 Å². The Morgan fingerprint density at radius 1 is 1.35 bits per heavy atom. The molecule has 17 heavy (non-hydrogen) atoms. The number of likely N-dealkylation sites (N-methyl/N-ethyl adjacent to an activating group) is 2. The Bertz CT molecular complexity index is 409. The summed E-state index contributed by atoms with van der Waals surface area (Å²) in [5.74, 6) is -0.240. The van der Waals surface area contributed by atoms with Crippen LogP contribution in [0.3, 0.4) is 0 Å². The van der Waals surface area contributed by atoms with Crippen molar-refractivity contribution in [3.05, 3.63) is 34.1 Å². The van der Waals surface area contributed by atoms with E-state index >= 15 is 0 Å². The van der Waals surface area contributed by atoms with Gasteiger partial charge in [0.25, 0.3) is 0 Å². The van der Waals surface area contributed by atoms with Gasteiger partial charge in [-0.25, -0.2) is 4.39 Å². The number of halogens is 2. The molecule has 1 amide bonds. The van der Waals surface area contributed by atoms with Gasteiger partial charge in [0.05, 0.1) is 6.54 Å². The summed E-state index contributed by atoms with van der Waals surface area (Å²) in [6.45, 7) is 0.841. The molecule has 0 aliphatic carbocycles. The van der Waals surface area contributed by atoms with E-state index < -0.39 is 0 Å². The average Bonchev–Trinajstić information content (AvgIpc) is 2.23. The first-order chi connectivity index (χ1) is 7.90. The van der Waals surface area contributed by atoms with Gasteiger partial charge in [0.1, 0.15) is 5.82 Å². The minimum Gasteiger partial charge on any atom is -0.348 e. The molecule has 3 nitrogen and oxygen atoms in total. The highest BCUT2D eigenvalue weighted by atomic mass is 79.9. The fraction of sp³-hybridized carbons (Fsp3) is 0.417. The molecule has 1 aromatic rings. The molecule has 0 fully saturated rings. The number of benzene rings is 1. The van der Waals surface area contributed by atoms with Gasteiger partial charge in [0, 0.05) is 25.1 Å². The fourth-order valence-electron chi connectivity index (χ4n) is 1.38. The van der Waals surface area contributed by atoms with Gasteiger partial charge in [0.15, 0.2) is 0 Å². The summed E-state index contributed by atoms with van der Waals surface area (Å²) in [5.41, 5.74) is 0.832. The van der Waals surface area contributed by atoms with Crippen molar-refractivity contribution in [3.8, 4) is 0 Å². The molecule has 0 atom stereocenters. The molecule has 0 saturated carbocycles. The van der Waals surface area contributed by atoms with Crippen LogP contribution in [-0.2, 0) is 11.3 Å². The molecular formula is C12H16BrFN2O. The summed E-state index contributed by atoms with van der Waals surface area (Å²) in [5, 5.41) is 0. The molecule has 1 rings (SSSR count). The third-order valence-corrected chi connectivity index (χ3v) is 3.13. The third kappa shape index (κ3) is 4.44. The molecule has 0 heterocycles. The Morgan fingerprint density at radius 2 is 2.00 bits per heavy atom. The highest BCUT2D eigenvalue weighted by Crippen LogP contribution is 2.19. The first-order valence-corrected chi connectivity index (χ1v) is 6.02. The second kappa shape index (κ2) is 6.12. The number of hydrogen-bond donors (Lipinski definition) is 0. The molecule has 0 aromatic heterocycles. The van der Waals surface area contributed by atoms with Gasteiger partial charge >= 0.3 is 0 Å². The van der Waals surface area contributed by atoms with Crippen LogP contribution in [0, 0.1) is 5.82 Å². The first-order valence-electron chi connectivity index (χ1n) is 5.22. The van der Waals surface area contributed by atoms with E-state index in [4.69, 9.17) is 0 Å². The number of carbonyl (C=O) groups is 1. The van der Waals surface area contributed by atoms with Crippen molar-refractivity contribution in [2.45, 2.75) is 6.54 Å². The van der Waals surface area contributed by atoms with Gasteiger partial charge in [-0.3, -0.25) is 9.69 Å². The summed E-state index contributed by atoms with van der Waals surface area (Å²) in [4.78, 5) is 14.9. The highest BCUT2D eigenvalue weighted by molar-refractivity contribution is 9.10. The number of rotatable bonds is 4. The Hall–Kier alpha value is -0.940. The molecule has 5 heteroatoms. The van der Waals surface area contributed by atoms with Gasteiger partial charge in [0.2, 0.25) is 5.91 Å². The van der Waals surface area contributed by atoms with Crippen molar-refractivity contribution >= 4 is 21.8 Å². The van der Waals surface area contributed by atoms with Crippen LogP contribution in [-0.4, -0.2) is 43.4 Å². The van der Waals surface area contributed by atoms with Crippen LogP contribution in [0.15, 0.2) is 22.7 Å². The van der Waals surface area contributed by atoms with E-state index in [1.54, 1.807) is 20.2 Å². The topological polar surface area (TPSA) is 23.6 Å².